The van der Waals surface area contributed by atoms with E-state index in [-0.39, 0.29) is 18.6 Å². The van der Waals surface area contributed by atoms with Crippen molar-refractivity contribution in [3.05, 3.63) is 23.9 Å². The van der Waals surface area contributed by atoms with Crippen LogP contribution in [0.2, 0.25) is 0 Å². The molecule has 20 heavy (non-hydrogen) atoms. The summed E-state index contributed by atoms with van der Waals surface area (Å²) < 4.78 is 9.67. The molecule has 0 aliphatic carbocycles. The molecule has 0 radical (unpaired) electrons. The maximum atomic E-state index is 11.2. The summed E-state index contributed by atoms with van der Waals surface area (Å²) in [5.74, 6) is -1.36. The van der Waals surface area contributed by atoms with Crippen LogP contribution in [0.1, 0.15) is 6.42 Å². The molecule has 0 aromatic carbocycles. The van der Waals surface area contributed by atoms with Crippen LogP contribution in [-0.4, -0.2) is 54.2 Å². The van der Waals surface area contributed by atoms with E-state index >= 15 is 0 Å². The smallest absolute Gasteiger partial charge is 0.330 e. The number of nitrogens with one attached hydrogen (secondary N) is 1. The first kappa shape index (κ1) is 16.2. The van der Waals surface area contributed by atoms with Gasteiger partial charge in [0.2, 0.25) is 5.91 Å². The van der Waals surface area contributed by atoms with Crippen molar-refractivity contribution < 1.29 is 29.3 Å². The van der Waals surface area contributed by atoms with Gasteiger partial charge in [0, 0.05) is 18.7 Å². The number of hydrogen-bond acceptors (Lipinski definition) is 7. The first-order valence-electron chi connectivity index (χ1n) is 5.94. The Morgan fingerprint density at radius 1 is 1.50 bits per heavy atom. The van der Waals surface area contributed by atoms with Crippen LogP contribution < -0.4 is 11.1 Å². The fraction of sp³-hybridized carbons (Fsp3) is 0.500. The minimum absolute atomic E-state index is 0.0425. The van der Waals surface area contributed by atoms with Gasteiger partial charge in [-0.15, -0.1) is 0 Å². The maximum Gasteiger partial charge on any atom is 0.330 e. The molecule has 1 aliphatic rings. The predicted molar refractivity (Wildman–Crippen MR) is 67.9 cm³/mol. The average Bonchev–Trinajstić information content (AvgIpc) is 2.78. The molecule has 1 saturated heterocycles. The Labute approximate surface area is 115 Å². The van der Waals surface area contributed by atoms with Gasteiger partial charge in [0.15, 0.2) is 0 Å². The van der Waals surface area contributed by atoms with Crippen molar-refractivity contribution in [1.29, 1.82) is 0 Å². The normalized spacial score (nSPS) is 26.8. The van der Waals surface area contributed by atoms with Crippen molar-refractivity contribution in [3.63, 3.8) is 0 Å². The SMILES string of the molecule is COC(=O)/C=C/C(=C/N[C@H]1CC(O)[C@@H](CO)O1)C(N)=O. The van der Waals surface area contributed by atoms with Crippen LogP contribution in [0.3, 0.4) is 0 Å². The summed E-state index contributed by atoms with van der Waals surface area (Å²) in [5, 5.41) is 21.2. The largest absolute Gasteiger partial charge is 0.466 e. The van der Waals surface area contributed by atoms with Crippen LogP contribution in [0.5, 0.6) is 0 Å². The lowest BCUT2D eigenvalue weighted by Gasteiger charge is -2.12. The molecule has 1 fully saturated rings. The van der Waals surface area contributed by atoms with E-state index in [1.807, 2.05) is 0 Å². The van der Waals surface area contributed by atoms with Gasteiger partial charge >= 0.3 is 5.97 Å². The van der Waals surface area contributed by atoms with Gasteiger partial charge < -0.3 is 30.7 Å². The number of rotatable bonds is 6. The van der Waals surface area contributed by atoms with Gasteiger partial charge in [-0.25, -0.2) is 4.79 Å². The number of amides is 1. The zero-order valence-corrected chi connectivity index (χ0v) is 11.0. The Bertz CT molecular complexity index is 420. The topological polar surface area (TPSA) is 131 Å². The third-order valence-electron chi connectivity index (χ3n) is 2.71. The van der Waals surface area contributed by atoms with Gasteiger partial charge in [-0.1, -0.05) is 0 Å². The monoisotopic (exact) mass is 286 g/mol. The van der Waals surface area contributed by atoms with Gasteiger partial charge in [-0.2, -0.15) is 0 Å². The minimum atomic E-state index is -0.784. The summed E-state index contributed by atoms with van der Waals surface area (Å²) in [7, 11) is 1.21. The second kappa shape index (κ2) is 7.63. The maximum absolute atomic E-state index is 11.2. The van der Waals surface area contributed by atoms with Crippen molar-refractivity contribution in [2.45, 2.75) is 24.9 Å². The molecule has 1 amide bonds. The summed E-state index contributed by atoms with van der Waals surface area (Å²) in [4.78, 5) is 22.1. The van der Waals surface area contributed by atoms with Crippen molar-refractivity contribution in [3.8, 4) is 0 Å². The highest BCUT2D eigenvalue weighted by Gasteiger charge is 2.32. The Morgan fingerprint density at radius 3 is 2.70 bits per heavy atom. The third-order valence-corrected chi connectivity index (χ3v) is 2.71. The zero-order chi connectivity index (χ0) is 15.1. The molecule has 1 aliphatic heterocycles. The molecule has 0 aromatic rings. The van der Waals surface area contributed by atoms with E-state index in [1.165, 1.54) is 19.4 Å². The number of ether oxygens (including phenoxy) is 2. The Morgan fingerprint density at radius 2 is 2.20 bits per heavy atom. The quantitative estimate of drug-likeness (QED) is 0.256. The highest BCUT2D eigenvalue weighted by Crippen LogP contribution is 2.18. The molecule has 3 atom stereocenters. The highest BCUT2D eigenvalue weighted by atomic mass is 16.5. The lowest BCUT2D eigenvalue weighted by atomic mass is 10.2. The fourth-order valence-corrected chi connectivity index (χ4v) is 1.61. The van der Waals surface area contributed by atoms with E-state index in [0.717, 1.165) is 6.08 Å². The van der Waals surface area contributed by atoms with Crippen molar-refractivity contribution in [1.82, 2.24) is 5.32 Å². The molecule has 0 spiro atoms. The van der Waals surface area contributed by atoms with Crippen molar-refractivity contribution in [2.24, 2.45) is 5.73 Å². The molecule has 1 unspecified atom stereocenters. The van der Waals surface area contributed by atoms with Crippen LogP contribution in [0.4, 0.5) is 0 Å². The van der Waals surface area contributed by atoms with Crippen LogP contribution >= 0.6 is 0 Å². The number of carbonyl (C=O) groups is 2. The number of hydrogen-bond donors (Lipinski definition) is 4. The summed E-state index contributed by atoms with van der Waals surface area (Å²) in [6, 6.07) is 0. The second-order valence-electron chi connectivity index (χ2n) is 4.14. The summed E-state index contributed by atoms with van der Waals surface area (Å²) in [6.45, 7) is -0.298. The Hall–Kier alpha value is -1.90. The van der Waals surface area contributed by atoms with Crippen LogP contribution in [0, 0.1) is 0 Å². The van der Waals surface area contributed by atoms with Crippen LogP contribution in [0.15, 0.2) is 23.9 Å². The van der Waals surface area contributed by atoms with Crippen molar-refractivity contribution in [2.75, 3.05) is 13.7 Å². The van der Waals surface area contributed by atoms with E-state index in [9.17, 15) is 14.7 Å². The molecular formula is C12H18N2O6. The van der Waals surface area contributed by atoms with E-state index in [0.29, 0.717) is 0 Å². The lowest BCUT2D eigenvalue weighted by Crippen LogP contribution is -2.27. The molecule has 0 saturated carbocycles. The summed E-state index contributed by atoms with van der Waals surface area (Å²) >= 11 is 0. The standard InChI is InChI=1S/C12H18N2O6/c1-19-11(17)3-2-7(12(13)18)5-14-10-4-8(16)9(6-15)20-10/h2-3,5,8-10,14-16H,4,6H2,1H3,(H2,13,18)/b3-2+,7-5-/t8?,9-,10-/m1/s1. The zero-order valence-electron chi connectivity index (χ0n) is 11.0. The molecular weight excluding hydrogens is 268 g/mol. The first-order chi connectivity index (χ1) is 9.47. The van der Waals surface area contributed by atoms with Crippen molar-refractivity contribution >= 4 is 11.9 Å². The number of primary amides is 1. The highest BCUT2D eigenvalue weighted by molar-refractivity contribution is 5.96. The first-order valence-corrected chi connectivity index (χ1v) is 5.94. The van der Waals surface area contributed by atoms with E-state index in [1.54, 1.807) is 0 Å². The van der Waals surface area contributed by atoms with E-state index in [4.69, 9.17) is 15.6 Å². The second-order valence-corrected chi connectivity index (χ2v) is 4.14. The van der Waals surface area contributed by atoms with Gasteiger partial charge in [-0.3, -0.25) is 4.79 Å². The van der Waals surface area contributed by atoms with Crippen LogP contribution in [-0.2, 0) is 19.1 Å². The minimum Gasteiger partial charge on any atom is -0.466 e. The molecule has 8 nitrogen and oxygen atoms in total. The van der Waals surface area contributed by atoms with Gasteiger partial charge in [0.05, 0.1) is 25.4 Å². The van der Waals surface area contributed by atoms with E-state index < -0.39 is 30.3 Å². The molecule has 0 bridgehead atoms. The summed E-state index contributed by atoms with van der Waals surface area (Å²) in [5.41, 5.74) is 5.19. The fourth-order valence-electron chi connectivity index (χ4n) is 1.61. The van der Waals surface area contributed by atoms with Gasteiger partial charge in [0.25, 0.3) is 0 Å². The lowest BCUT2D eigenvalue weighted by molar-refractivity contribution is -0.134. The predicted octanol–water partition coefficient (Wildman–Crippen LogP) is -1.86. The molecule has 0 aromatic heterocycles. The van der Waals surface area contributed by atoms with E-state index in [2.05, 4.69) is 10.1 Å². The number of esters is 1. The molecule has 112 valence electrons. The van der Waals surface area contributed by atoms with Crippen LogP contribution in [0.25, 0.3) is 0 Å². The Kier molecular flexibility index (Phi) is 6.16. The van der Waals surface area contributed by atoms with Gasteiger partial charge in [0.1, 0.15) is 12.3 Å². The average molecular weight is 286 g/mol. The van der Waals surface area contributed by atoms with Gasteiger partial charge in [-0.05, 0) is 6.08 Å². The molecule has 1 rings (SSSR count). The third kappa shape index (κ3) is 4.65. The Balaban J connectivity index is 2.63. The number of carbonyl (C=O) groups excluding carboxylic acids is 2. The number of aliphatic hydroxyl groups is 2. The number of aliphatic hydroxyl groups excluding tert-OH is 2. The molecule has 5 N–H and O–H groups in total. The number of nitrogens with two attached hydrogens (primary N) is 1. The molecule has 8 heteroatoms. The summed E-state index contributed by atoms with van der Waals surface area (Å²) in [6.07, 6.45) is 1.79. The molecule has 1 heterocycles. The number of methoxy groups -OCH3 is 1.